The van der Waals surface area contributed by atoms with Crippen molar-refractivity contribution in [2.45, 2.75) is 6.42 Å². The van der Waals surface area contributed by atoms with Crippen molar-refractivity contribution in [3.05, 3.63) is 70.6 Å². The number of fused-ring (bicyclic) bond motifs is 1. The first-order chi connectivity index (χ1) is 8.74. The van der Waals surface area contributed by atoms with E-state index < -0.39 is 0 Å². The molecule has 0 atom stereocenters. The minimum Gasteiger partial charge on any atom is -0.358 e. The lowest BCUT2D eigenvalue weighted by Crippen LogP contribution is -1.93. The van der Waals surface area contributed by atoms with Gasteiger partial charge in [-0.1, -0.05) is 35.9 Å². The first kappa shape index (κ1) is 11.3. The smallest absolute Gasteiger partial charge is 0.128 e. The SMILES string of the molecule is Fc1cccc(Cl)c1Cc1cc2ccccc2[nH]1. The van der Waals surface area contributed by atoms with Crippen molar-refractivity contribution < 1.29 is 4.39 Å². The molecule has 1 aromatic heterocycles. The Balaban J connectivity index is 2.01. The summed E-state index contributed by atoms with van der Waals surface area (Å²) in [7, 11) is 0. The van der Waals surface area contributed by atoms with Gasteiger partial charge in [0.2, 0.25) is 0 Å². The molecular formula is C15H11ClFN. The Labute approximate surface area is 109 Å². The summed E-state index contributed by atoms with van der Waals surface area (Å²) in [6.07, 6.45) is 0.472. The van der Waals surface area contributed by atoms with Gasteiger partial charge in [-0.05, 0) is 29.7 Å². The zero-order chi connectivity index (χ0) is 12.5. The summed E-state index contributed by atoms with van der Waals surface area (Å²) in [4.78, 5) is 3.27. The van der Waals surface area contributed by atoms with E-state index >= 15 is 0 Å². The Morgan fingerprint density at radius 3 is 2.67 bits per heavy atom. The maximum absolute atomic E-state index is 13.7. The van der Waals surface area contributed by atoms with Crippen molar-refractivity contribution in [1.82, 2.24) is 4.98 Å². The van der Waals surface area contributed by atoms with E-state index in [1.807, 2.05) is 30.3 Å². The average molecular weight is 260 g/mol. The summed E-state index contributed by atoms with van der Waals surface area (Å²) in [5, 5.41) is 1.59. The number of halogens is 2. The number of hydrogen-bond donors (Lipinski definition) is 1. The molecule has 18 heavy (non-hydrogen) atoms. The largest absolute Gasteiger partial charge is 0.358 e. The average Bonchev–Trinajstić information content (AvgIpc) is 2.76. The van der Waals surface area contributed by atoms with Crippen molar-refractivity contribution >= 4 is 22.5 Å². The first-order valence-electron chi connectivity index (χ1n) is 5.73. The van der Waals surface area contributed by atoms with Crippen molar-refractivity contribution in [3.8, 4) is 0 Å². The van der Waals surface area contributed by atoms with E-state index in [2.05, 4.69) is 4.98 Å². The third-order valence-electron chi connectivity index (χ3n) is 3.01. The molecule has 1 N–H and O–H groups in total. The van der Waals surface area contributed by atoms with E-state index in [1.54, 1.807) is 12.1 Å². The molecule has 0 bridgehead atoms. The molecule has 0 aliphatic carbocycles. The lowest BCUT2D eigenvalue weighted by atomic mass is 10.1. The van der Waals surface area contributed by atoms with Crippen LogP contribution >= 0.6 is 11.6 Å². The van der Waals surface area contributed by atoms with E-state index in [1.165, 1.54) is 6.07 Å². The fraction of sp³-hybridized carbons (Fsp3) is 0.0667. The Bertz CT molecular complexity index is 649. The van der Waals surface area contributed by atoms with Crippen molar-refractivity contribution in [1.29, 1.82) is 0 Å². The zero-order valence-electron chi connectivity index (χ0n) is 9.58. The van der Waals surface area contributed by atoms with Gasteiger partial charge in [-0.15, -0.1) is 0 Å². The lowest BCUT2D eigenvalue weighted by Gasteiger charge is -2.03. The summed E-state index contributed by atoms with van der Waals surface area (Å²) in [5.74, 6) is -0.263. The molecule has 0 fully saturated rings. The van der Waals surface area contributed by atoms with Crippen LogP contribution in [0.5, 0.6) is 0 Å². The fourth-order valence-electron chi connectivity index (χ4n) is 2.12. The number of H-pyrrole nitrogens is 1. The third kappa shape index (κ3) is 2.00. The van der Waals surface area contributed by atoms with Gasteiger partial charge in [0.15, 0.2) is 0 Å². The molecule has 1 heterocycles. The molecule has 3 aromatic rings. The van der Waals surface area contributed by atoms with Gasteiger partial charge < -0.3 is 4.98 Å². The van der Waals surface area contributed by atoms with Crippen LogP contribution in [0.4, 0.5) is 4.39 Å². The topological polar surface area (TPSA) is 15.8 Å². The molecule has 2 aromatic carbocycles. The highest BCUT2D eigenvalue weighted by molar-refractivity contribution is 6.31. The van der Waals surface area contributed by atoms with Crippen LogP contribution < -0.4 is 0 Å². The van der Waals surface area contributed by atoms with Gasteiger partial charge in [-0.25, -0.2) is 4.39 Å². The lowest BCUT2D eigenvalue weighted by molar-refractivity contribution is 0.613. The number of nitrogens with one attached hydrogen (secondary N) is 1. The minimum absolute atomic E-state index is 0.263. The van der Waals surface area contributed by atoms with Gasteiger partial charge in [0, 0.05) is 28.2 Å². The Morgan fingerprint density at radius 1 is 1.06 bits per heavy atom. The number of aromatic nitrogens is 1. The molecule has 0 saturated carbocycles. The van der Waals surface area contributed by atoms with Crippen LogP contribution in [0.15, 0.2) is 48.5 Å². The fourth-order valence-corrected chi connectivity index (χ4v) is 2.35. The van der Waals surface area contributed by atoms with Crippen LogP contribution in [0.25, 0.3) is 10.9 Å². The molecule has 3 heteroatoms. The van der Waals surface area contributed by atoms with Gasteiger partial charge in [0.05, 0.1) is 0 Å². The van der Waals surface area contributed by atoms with Crippen LogP contribution in [0.1, 0.15) is 11.3 Å². The van der Waals surface area contributed by atoms with E-state index in [4.69, 9.17) is 11.6 Å². The maximum Gasteiger partial charge on any atom is 0.128 e. The summed E-state index contributed by atoms with van der Waals surface area (Å²) in [6, 6.07) is 14.8. The second-order valence-electron chi connectivity index (χ2n) is 4.26. The third-order valence-corrected chi connectivity index (χ3v) is 3.37. The molecular weight excluding hydrogens is 249 g/mol. The predicted octanol–water partition coefficient (Wildman–Crippen LogP) is 4.55. The van der Waals surface area contributed by atoms with Crippen LogP contribution in [-0.4, -0.2) is 4.98 Å². The van der Waals surface area contributed by atoms with Crippen molar-refractivity contribution in [2.75, 3.05) is 0 Å². The van der Waals surface area contributed by atoms with E-state index in [-0.39, 0.29) is 5.82 Å². The standard InChI is InChI=1S/C15H11ClFN/c16-13-5-3-6-14(17)12(13)9-11-8-10-4-1-2-7-15(10)18-11/h1-8,18H,9H2. The van der Waals surface area contributed by atoms with Crippen LogP contribution in [0.3, 0.4) is 0 Å². The first-order valence-corrected chi connectivity index (χ1v) is 6.11. The Hall–Kier alpha value is -1.80. The molecule has 0 saturated heterocycles. The van der Waals surface area contributed by atoms with E-state index in [0.29, 0.717) is 17.0 Å². The molecule has 0 spiro atoms. The minimum atomic E-state index is -0.263. The van der Waals surface area contributed by atoms with Crippen LogP contribution in [-0.2, 0) is 6.42 Å². The molecule has 0 amide bonds. The van der Waals surface area contributed by atoms with Gasteiger partial charge in [-0.2, -0.15) is 0 Å². The molecule has 0 unspecified atom stereocenters. The maximum atomic E-state index is 13.7. The predicted molar refractivity (Wildman–Crippen MR) is 72.5 cm³/mol. The Kier molecular flexibility index (Phi) is 2.80. The highest BCUT2D eigenvalue weighted by Gasteiger charge is 2.09. The highest BCUT2D eigenvalue weighted by atomic mass is 35.5. The number of rotatable bonds is 2. The molecule has 0 aliphatic rings. The van der Waals surface area contributed by atoms with Gasteiger partial charge >= 0.3 is 0 Å². The number of para-hydroxylation sites is 1. The second kappa shape index (κ2) is 4.46. The quantitative estimate of drug-likeness (QED) is 0.695. The summed E-state index contributed by atoms with van der Waals surface area (Å²) in [6.45, 7) is 0. The van der Waals surface area contributed by atoms with Gasteiger partial charge in [0.1, 0.15) is 5.82 Å². The van der Waals surface area contributed by atoms with E-state index in [0.717, 1.165) is 16.6 Å². The van der Waals surface area contributed by atoms with Crippen molar-refractivity contribution in [2.24, 2.45) is 0 Å². The summed E-state index contributed by atoms with van der Waals surface area (Å²) in [5.41, 5.74) is 2.55. The molecule has 0 aliphatic heterocycles. The van der Waals surface area contributed by atoms with Crippen molar-refractivity contribution in [3.63, 3.8) is 0 Å². The molecule has 1 nitrogen and oxygen atoms in total. The monoisotopic (exact) mass is 259 g/mol. The van der Waals surface area contributed by atoms with Crippen LogP contribution in [0, 0.1) is 5.82 Å². The number of aromatic amines is 1. The molecule has 3 rings (SSSR count). The van der Waals surface area contributed by atoms with Crippen LogP contribution in [0.2, 0.25) is 5.02 Å². The zero-order valence-corrected chi connectivity index (χ0v) is 10.3. The number of benzene rings is 2. The van der Waals surface area contributed by atoms with Gasteiger partial charge in [-0.3, -0.25) is 0 Å². The summed E-state index contributed by atoms with van der Waals surface area (Å²) >= 11 is 6.02. The molecule has 90 valence electrons. The number of hydrogen-bond acceptors (Lipinski definition) is 0. The highest BCUT2D eigenvalue weighted by Crippen LogP contribution is 2.23. The summed E-state index contributed by atoms with van der Waals surface area (Å²) < 4.78 is 13.7. The second-order valence-corrected chi connectivity index (χ2v) is 4.67. The molecule has 0 radical (unpaired) electrons. The Morgan fingerprint density at radius 2 is 1.89 bits per heavy atom. The van der Waals surface area contributed by atoms with E-state index in [9.17, 15) is 4.39 Å². The normalized spacial score (nSPS) is 11.0. The van der Waals surface area contributed by atoms with Gasteiger partial charge in [0.25, 0.3) is 0 Å².